The Hall–Kier alpha value is -1.74. The van der Waals surface area contributed by atoms with Gasteiger partial charge in [-0.25, -0.2) is 0 Å². The quantitative estimate of drug-likeness (QED) is 0.918. The molecule has 0 aliphatic carbocycles. The molecule has 2 heterocycles. The fourth-order valence-electron chi connectivity index (χ4n) is 2.90. The van der Waals surface area contributed by atoms with Crippen molar-refractivity contribution in [3.63, 3.8) is 0 Å². The van der Waals surface area contributed by atoms with E-state index in [9.17, 15) is 0 Å². The molecule has 0 radical (unpaired) electrons. The molecule has 0 saturated carbocycles. The van der Waals surface area contributed by atoms with Gasteiger partial charge in [-0.15, -0.1) is 0 Å². The van der Waals surface area contributed by atoms with E-state index in [4.69, 9.17) is 10.2 Å². The number of hydrogen-bond acceptors (Lipinski definition) is 3. The van der Waals surface area contributed by atoms with Crippen molar-refractivity contribution in [3.05, 3.63) is 53.0 Å². The van der Waals surface area contributed by atoms with Gasteiger partial charge in [-0.1, -0.05) is 18.2 Å². The summed E-state index contributed by atoms with van der Waals surface area (Å²) in [5.74, 6) is 1.85. The number of nitrogens with two attached hydrogens (primary N) is 1. The minimum Gasteiger partial charge on any atom is -0.465 e. The average Bonchev–Trinajstić information content (AvgIpc) is 2.92. The van der Waals surface area contributed by atoms with Crippen molar-refractivity contribution in [3.8, 4) is 0 Å². The first-order chi connectivity index (χ1) is 9.19. The third kappa shape index (κ3) is 2.15. The largest absolute Gasteiger partial charge is 0.465 e. The van der Waals surface area contributed by atoms with Crippen molar-refractivity contribution in [2.75, 3.05) is 4.90 Å². The lowest BCUT2D eigenvalue weighted by atomic mass is 10.1. The molecule has 0 spiro atoms. The van der Waals surface area contributed by atoms with Crippen LogP contribution in [-0.2, 0) is 19.5 Å². The normalized spacial score (nSPS) is 17.8. The number of benzene rings is 1. The first kappa shape index (κ1) is 12.3. The second-order valence-electron chi connectivity index (χ2n) is 5.31. The number of nitrogens with zero attached hydrogens (tertiary/aromatic N) is 1. The van der Waals surface area contributed by atoms with E-state index in [1.165, 1.54) is 16.8 Å². The number of anilines is 1. The van der Waals surface area contributed by atoms with Crippen LogP contribution >= 0.6 is 0 Å². The van der Waals surface area contributed by atoms with Gasteiger partial charge in [0.2, 0.25) is 0 Å². The van der Waals surface area contributed by atoms with E-state index in [0.717, 1.165) is 24.5 Å². The molecule has 1 unspecified atom stereocenters. The van der Waals surface area contributed by atoms with Gasteiger partial charge in [-0.2, -0.15) is 0 Å². The molecule has 1 aliphatic rings. The first-order valence-electron chi connectivity index (χ1n) is 6.82. The van der Waals surface area contributed by atoms with Crippen molar-refractivity contribution in [2.24, 2.45) is 5.73 Å². The number of fused-ring (bicyclic) bond motifs is 1. The third-order valence-electron chi connectivity index (χ3n) is 3.96. The van der Waals surface area contributed by atoms with E-state index in [-0.39, 0.29) is 0 Å². The fraction of sp³-hybridized carbons (Fsp3) is 0.375. The van der Waals surface area contributed by atoms with Crippen molar-refractivity contribution in [1.29, 1.82) is 0 Å². The van der Waals surface area contributed by atoms with Crippen LogP contribution in [0.5, 0.6) is 0 Å². The van der Waals surface area contributed by atoms with Crippen LogP contribution in [0, 0.1) is 6.92 Å². The van der Waals surface area contributed by atoms with Gasteiger partial charge in [0, 0.05) is 23.8 Å². The molecular formula is C16H20N2O. The Morgan fingerprint density at radius 1 is 1.37 bits per heavy atom. The molecule has 2 N–H and O–H groups in total. The Labute approximate surface area is 114 Å². The average molecular weight is 256 g/mol. The summed E-state index contributed by atoms with van der Waals surface area (Å²) in [7, 11) is 0. The van der Waals surface area contributed by atoms with E-state index in [1.54, 1.807) is 0 Å². The summed E-state index contributed by atoms with van der Waals surface area (Å²) < 4.78 is 5.65. The van der Waals surface area contributed by atoms with Gasteiger partial charge in [-0.3, -0.25) is 0 Å². The SMILES string of the molecule is Cc1oc(CN)cc1CN1c2ccccc2CC1C. The minimum atomic E-state index is 0.465. The monoisotopic (exact) mass is 256 g/mol. The van der Waals surface area contributed by atoms with Gasteiger partial charge in [-0.05, 0) is 38.0 Å². The van der Waals surface area contributed by atoms with Crippen molar-refractivity contribution in [2.45, 2.75) is 39.4 Å². The van der Waals surface area contributed by atoms with Crippen molar-refractivity contribution in [1.82, 2.24) is 0 Å². The zero-order chi connectivity index (χ0) is 13.4. The smallest absolute Gasteiger partial charge is 0.118 e. The Morgan fingerprint density at radius 3 is 2.89 bits per heavy atom. The second kappa shape index (κ2) is 4.74. The zero-order valence-electron chi connectivity index (χ0n) is 11.5. The van der Waals surface area contributed by atoms with Gasteiger partial charge in [0.25, 0.3) is 0 Å². The summed E-state index contributed by atoms with van der Waals surface area (Å²) >= 11 is 0. The van der Waals surface area contributed by atoms with Crippen molar-refractivity contribution >= 4 is 5.69 Å². The molecule has 0 amide bonds. The van der Waals surface area contributed by atoms with Crippen LogP contribution in [0.1, 0.15) is 29.6 Å². The fourth-order valence-corrected chi connectivity index (χ4v) is 2.90. The highest BCUT2D eigenvalue weighted by Gasteiger charge is 2.26. The van der Waals surface area contributed by atoms with Crippen LogP contribution in [0.15, 0.2) is 34.7 Å². The number of rotatable bonds is 3. The highest BCUT2D eigenvalue weighted by Crippen LogP contribution is 2.33. The Bertz CT molecular complexity index is 588. The van der Waals surface area contributed by atoms with E-state index in [0.29, 0.717) is 12.6 Å². The maximum Gasteiger partial charge on any atom is 0.118 e. The number of furan rings is 1. The lowest BCUT2D eigenvalue weighted by molar-refractivity contribution is 0.482. The highest BCUT2D eigenvalue weighted by molar-refractivity contribution is 5.59. The van der Waals surface area contributed by atoms with E-state index in [1.807, 2.05) is 6.92 Å². The van der Waals surface area contributed by atoms with E-state index < -0.39 is 0 Å². The molecule has 2 aromatic rings. The second-order valence-corrected chi connectivity index (χ2v) is 5.31. The molecule has 1 aliphatic heterocycles. The third-order valence-corrected chi connectivity index (χ3v) is 3.96. The summed E-state index contributed by atoms with van der Waals surface area (Å²) in [6.45, 7) is 5.65. The highest BCUT2D eigenvalue weighted by atomic mass is 16.3. The Balaban J connectivity index is 1.89. The van der Waals surface area contributed by atoms with Crippen LogP contribution in [0.3, 0.4) is 0 Å². The molecule has 1 aromatic carbocycles. The molecule has 1 aromatic heterocycles. The zero-order valence-corrected chi connectivity index (χ0v) is 11.5. The molecule has 100 valence electrons. The number of aryl methyl sites for hydroxylation is 1. The minimum absolute atomic E-state index is 0.465. The van der Waals surface area contributed by atoms with Crippen LogP contribution in [0.25, 0.3) is 0 Å². The Kier molecular flexibility index (Phi) is 3.07. The standard InChI is InChI=1S/C16H20N2O/c1-11-7-13-5-3-4-6-16(13)18(11)10-14-8-15(9-17)19-12(14)2/h3-6,8,11H,7,9-10,17H2,1-2H3. The summed E-state index contributed by atoms with van der Waals surface area (Å²) in [6, 6.07) is 11.3. The number of hydrogen-bond donors (Lipinski definition) is 1. The summed E-state index contributed by atoms with van der Waals surface area (Å²) in [4.78, 5) is 2.45. The van der Waals surface area contributed by atoms with Gasteiger partial charge in [0.1, 0.15) is 11.5 Å². The molecule has 0 fully saturated rings. The predicted octanol–water partition coefficient (Wildman–Crippen LogP) is 3.00. The maximum atomic E-state index is 5.65. The van der Waals surface area contributed by atoms with Crippen molar-refractivity contribution < 1.29 is 4.42 Å². The molecular weight excluding hydrogens is 236 g/mol. The molecule has 0 bridgehead atoms. The number of para-hydroxylation sites is 1. The predicted molar refractivity (Wildman–Crippen MR) is 77.1 cm³/mol. The summed E-state index contributed by atoms with van der Waals surface area (Å²) in [5.41, 5.74) is 9.67. The first-order valence-corrected chi connectivity index (χ1v) is 6.82. The maximum absolute atomic E-state index is 5.65. The molecule has 1 atom stereocenters. The molecule has 3 nitrogen and oxygen atoms in total. The summed E-state index contributed by atoms with van der Waals surface area (Å²) in [6.07, 6.45) is 1.12. The van der Waals surface area contributed by atoms with Gasteiger partial charge in [0.15, 0.2) is 0 Å². The molecule has 3 rings (SSSR count). The van der Waals surface area contributed by atoms with Gasteiger partial charge in [0.05, 0.1) is 6.54 Å². The molecule has 19 heavy (non-hydrogen) atoms. The van der Waals surface area contributed by atoms with E-state index >= 15 is 0 Å². The lowest BCUT2D eigenvalue weighted by Crippen LogP contribution is -2.28. The Morgan fingerprint density at radius 2 is 2.16 bits per heavy atom. The van der Waals surface area contributed by atoms with Gasteiger partial charge >= 0.3 is 0 Å². The topological polar surface area (TPSA) is 42.4 Å². The summed E-state index contributed by atoms with van der Waals surface area (Å²) in [5, 5.41) is 0. The van der Waals surface area contributed by atoms with Crippen LogP contribution in [-0.4, -0.2) is 6.04 Å². The molecule has 0 saturated heterocycles. The van der Waals surface area contributed by atoms with Crippen LogP contribution < -0.4 is 10.6 Å². The van der Waals surface area contributed by atoms with Crippen LogP contribution in [0.4, 0.5) is 5.69 Å². The molecule has 3 heteroatoms. The van der Waals surface area contributed by atoms with Crippen LogP contribution in [0.2, 0.25) is 0 Å². The lowest BCUT2D eigenvalue weighted by Gasteiger charge is -2.24. The van der Waals surface area contributed by atoms with Gasteiger partial charge < -0.3 is 15.1 Å². The van der Waals surface area contributed by atoms with E-state index in [2.05, 4.69) is 42.2 Å².